The van der Waals surface area contributed by atoms with Crippen molar-refractivity contribution in [1.82, 2.24) is 10.3 Å². The molecule has 0 aliphatic heterocycles. The second kappa shape index (κ2) is 6.37. The van der Waals surface area contributed by atoms with E-state index in [1.807, 2.05) is 23.6 Å². The van der Waals surface area contributed by atoms with E-state index in [0.717, 1.165) is 18.5 Å². The highest BCUT2D eigenvalue weighted by Crippen LogP contribution is 2.29. The lowest BCUT2D eigenvalue weighted by Gasteiger charge is -2.20. The Morgan fingerprint density at radius 1 is 1.24 bits per heavy atom. The smallest absolute Gasteiger partial charge is 0.0702 e. The van der Waals surface area contributed by atoms with Crippen molar-refractivity contribution < 1.29 is 0 Å². The maximum absolute atomic E-state index is 4.41. The minimum Gasteiger partial charge on any atom is -0.306 e. The minimum absolute atomic E-state index is 0.265. The van der Waals surface area contributed by atoms with Gasteiger partial charge in [0.05, 0.1) is 11.6 Å². The summed E-state index contributed by atoms with van der Waals surface area (Å²) in [5, 5.41) is 7.05. The van der Waals surface area contributed by atoms with Crippen molar-refractivity contribution >= 4 is 22.2 Å². The van der Waals surface area contributed by atoms with Gasteiger partial charge < -0.3 is 5.32 Å². The van der Waals surface area contributed by atoms with Crippen LogP contribution in [0.4, 0.5) is 0 Å². The van der Waals surface area contributed by atoms with Gasteiger partial charge in [-0.2, -0.15) is 0 Å². The van der Waals surface area contributed by atoms with E-state index >= 15 is 0 Å². The van der Waals surface area contributed by atoms with Crippen LogP contribution in [0.3, 0.4) is 0 Å². The zero-order chi connectivity index (χ0) is 14.7. The van der Waals surface area contributed by atoms with Gasteiger partial charge in [-0.25, -0.2) is 0 Å². The fourth-order valence-corrected chi connectivity index (χ4v) is 3.40. The molecule has 2 heterocycles. The number of benzene rings is 1. The van der Waals surface area contributed by atoms with E-state index in [-0.39, 0.29) is 6.04 Å². The van der Waals surface area contributed by atoms with E-state index < -0.39 is 0 Å². The van der Waals surface area contributed by atoms with Crippen molar-refractivity contribution in [3.63, 3.8) is 0 Å². The van der Waals surface area contributed by atoms with Gasteiger partial charge in [0.25, 0.3) is 0 Å². The summed E-state index contributed by atoms with van der Waals surface area (Å²) in [6.07, 6.45) is 2.98. The van der Waals surface area contributed by atoms with Crippen molar-refractivity contribution in [2.24, 2.45) is 0 Å². The molecule has 0 saturated heterocycles. The van der Waals surface area contributed by atoms with Gasteiger partial charge in [-0.1, -0.05) is 19.1 Å². The summed E-state index contributed by atoms with van der Waals surface area (Å²) in [6, 6.07) is 13.2. The van der Waals surface area contributed by atoms with Gasteiger partial charge in [-0.05, 0) is 60.7 Å². The molecule has 1 atom stereocenters. The summed E-state index contributed by atoms with van der Waals surface area (Å²) in [5.74, 6) is 0. The monoisotopic (exact) mass is 296 g/mol. The number of nitrogens with one attached hydrogen (secondary N) is 1. The number of thiophene rings is 1. The number of aryl methyl sites for hydroxylation is 1. The quantitative estimate of drug-likeness (QED) is 0.738. The first-order valence-electron chi connectivity index (χ1n) is 7.41. The number of fused-ring (bicyclic) bond motifs is 1. The lowest BCUT2D eigenvalue weighted by Crippen LogP contribution is -2.23. The van der Waals surface area contributed by atoms with Crippen molar-refractivity contribution in [2.45, 2.75) is 26.3 Å². The Morgan fingerprint density at radius 2 is 2.14 bits per heavy atom. The zero-order valence-corrected chi connectivity index (χ0v) is 13.3. The molecule has 3 heteroatoms. The molecule has 2 aromatic heterocycles. The van der Waals surface area contributed by atoms with Crippen LogP contribution < -0.4 is 5.32 Å². The van der Waals surface area contributed by atoms with Gasteiger partial charge in [0.1, 0.15) is 0 Å². The van der Waals surface area contributed by atoms with Crippen LogP contribution in [0.5, 0.6) is 0 Å². The highest BCUT2D eigenvalue weighted by molar-refractivity contribution is 7.10. The van der Waals surface area contributed by atoms with Gasteiger partial charge in [-0.15, -0.1) is 11.3 Å². The topological polar surface area (TPSA) is 24.9 Å². The van der Waals surface area contributed by atoms with Gasteiger partial charge in [0, 0.05) is 16.5 Å². The molecule has 0 saturated carbocycles. The number of rotatable bonds is 5. The molecule has 3 aromatic rings. The summed E-state index contributed by atoms with van der Waals surface area (Å²) in [5.41, 5.74) is 3.75. The Bertz CT molecular complexity index is 733. The van der Waals surface area contributed by atoms with Crippen molar-refractivity contribution in [3.05, 3.63) is 64.0 Å². The average Bonchev–Trinajstić information content (AvgIpc) is 2.94. The first kappa shape index (κ1) is 14.2. The largest absolute Gasteiger partial charge is 0.306 e. The maximum atomic E-state index is 4.41. The summed E-state index contributed by atoms with van der Waals surface area (Å²) in [6.45, 7) is 5.42. The third-order valence-corrected chi connectivity index (χ3v) is 4.63. The van der Waals surface area contributed by atoms with E-state index in [9.17, 15) is 0 Å². The number of nitrogens with zero attached hydrogens (tertiary/aromatic N) is 1. The first-order valence-corrected chi connectivity index (χ1v) is 8.29. The second-order valence-electron chi connectivity index (χ2n) is 5.27. The van der Waals surface area contributed by atoms with Crippen LogP contribution >= 0.6 is 11.3 Å². The molecule has 21 heavy (non-hydrogen) atoms. The lowest BCUT2D eigenvalue weighted by atomic mass is 9.97. The Kier molecular flexibility index (Phi) is 4.32. The molecule has 2 nitrogen and oxygen atoms in total. The third kappa shape index (κ3) is 2.99. The molecule has 0 fully saturated rings. The molecule has 1 N–H and O–H groups in total. The summed E-state index contributed by atoms with van der Waals surface area (Å²) >= 11 is 1.81. The average molecular weight is 296 g/mol. The number of aromatic nitrogens is 1. The Labute approximate surface area is 129 Å². The van der Waals surface area contributed by atoms with E-state index in [0.29, 0.717) is 0 Å². The van der Waals surface area contributed by atoms with Crippen molar-refractivity contribution in [1.29, 1.82) is 0 Å². The van der Waals surface area contributed by atoms with Gasteiger partial charge >= 0.3 is 0 Å². The van der Waals surface area contributed by atoms with Crippen LogP contribution in [0, 0.1) is 6.92 Å². The molecule has 3 rings (SSSR count). The van der Waals surface area contributed by atoms with Crippen LogP contribution in [0.15, 0.2) is 48.0 Å². The third-order valence-electron chi connectivity index (χ3n) is 3.77. The highest BCUT2D eigenvalue weighted by atomic mass is 32.1. The van der Waals surface area contributed by atoms with Gasteiger partial charge in [-0.3, -0.25) is 4.98 Å². The van der Waals surface area contributed by atoms with Crippen LogP contribution in [-0.2, 0) is 0 Å². The Balaban J connectivity index is 2.03. The normalized spacial score (nSPS) is 12.7. The van der Waals surface area contributed by atoms with Crippen LogP contribution in [0.2, 0.25) is 0 Å². The number of pyridine rings is 1. The predicted molar refractivity (Wildman–Crippen MR) is 90.9 cm³/mol. The molecular formula is C18H20N2S. The predicted octanol–water partition coefficient (Wildman–Crippen LogP) is 4.69. The molecule has 0 spiro atoms. The fraction of sp³-hybridized carbons (Fsp3) is 0.278. The lowest BCUT2D eigenvalue weighted by molar-refractivity contribution is 0.598. The van der Waals surface area contributed by atoms with Crippen LogP contribution in [0.25, 0.3) is 10.9 Å². The highest BCUT2D eigenvalue weighted by Gasteiger charge is 2.16. The van der Waals surface area contributed by atoms with Gasteiger partial charge in [0.2, 0.25) is 0 Å². The molecule has 1 aromatic carbocycles. The molecule has 0 amide bonds. The van der Waals surface area contributed by atoms with Crippen molar-refractivity contribution in [3.8, 4) is 0 Å². The van der Waals surface area contributed by atoms with E-state index in [1.54, 1.807) is 0 Å². The van der Waals surface area contributed by atoms with Crippen LogP contribution in [-0.4, -0.2) is 11.5 Å². The SMILES string of the molecule is CCCNC(c1ccc2ncccc2c1)c1ccsc1C. The van der Waals surface area contributed by atoms with Crippen LogP contribution in [0.1, 0.15) is 35.4 Å². The molecule has 0 aliphatic rings. The zero-order valence-electron chi connectivity index (χ0n) is 12.5. The molecule has 108 valence electrons. The number of hydrogen-bond acceptors (Lipinski definition) is 3. The summed E-state index contributed by atoms with van der Waals surface area (Å²) in [7, 11) is 0. The standard InChI is InChI=1S/C18H20N2S/c1-3-9-20-18(16-8-11-21-13(16)2)15-6-7-17-14(12-15)5-4-10-19-17/h4-8,10-12,18,20H,3,9H2,1-2H3. The molecule has 0 radical (unpaired) electrons. The Hall–Kier alpha value is -1.71. The summed E-state index contributed by atoms with van der Waals surface area (Å²) < 4.78 is 0. The second-order valence-corrected chi connectivity index (χ2v) is 6.40. The maximum Gasteiger partial charge on any atom is 0.0702 e. The van der Waals surface area contributed by atoms with E-state index in [1.165, 1.54) is 21.4 Å². The summed E-state index contributed by atoms with van der Waals surface area (Å²) in [4.78, 5) is 5.79. The fourth-order valence-electron chi connectivity index (χ4n) is 2.66. The molecular weight excluding hydrogens is 276 g/mol. The van der Waals surface area contributed by atoms with Gasteiger partial charge in [0.15, 0.2) is 0 Å². The molecule has 0 aliphatic carbocycles. The van der Waals surface area contributed by atoms with E-state index in [2.05, 4.69) is 59.9 Å². The molecule has 0 bridgehead atoms. The Morgan fingerprint density at radius 3 is 2.90 bits per heavy atom. The van der Waals surface area contributed by atoms with E-state index in [4.69, 9.17) is 0 Å². The number of hydrogen-bond donors (Lipinski definition) is 1. The van der Waals surface area contributed by atoms with Crippen molar-refractivity contribution in [2.75, 3.05) is 6.54 Å². The minimum atomic E-state index is 0.265. The molecule has 1 unspecified atom stereocenters. The first-order chi connectivity index (χ1) is 10.3.